The summed E-state index contributed by atoms with van der Waals surface area (Å²) in [6, 6.07) is 0. The topological polar surface area (TPSA) is 40.5 Å². The highest BCUT2D eigenvalue weighted by Crippen LogP contribution is 2.54. The Morgan fingerprint density at radius 1 is 1.41 bits per heavy atom. The van der Waals surface area contributed by atoms with E-state index in [1.807, 2.05) is 13.8 Å². The third kappa shape index (κ3) is 3.26. The minimum absolute atomic E-state index is 0.143. The van der Waals surface area contributed by atoms with Gasteiger partial charge in [0.2, 0.25) is 0 Å². The average Bonchev–Trinajstić information content (AvgIpc) is 2.85. The van der Waals surface area contributed by atoms with Gasteiger partial charge in [-0.15, -0.1) is 0 Å². The molecule has 2 aliphatic rings. The molecule has 1 saturated carbocycles. The molecule has 0 heterocycles. The molecule has 2 aliphatic carbocycles. The Hall–Kier alpha value is -0.780. The zero-order valence-electron chi connectivity index (χ0n) is 14.7. The van der Waals surface area contributed by atoms with Crippen LogP contribution in [0.1, 0.15) is 72.6 Å². The summed E-state index contributed by atoms with van der Waals surface area (Å²) in [5.74, 6) is 7.10. The van der Waals surface area contributed by atoms with Gasteiger partial charge in [0.05, 0.1) is 6.10 Å². The molecule has 2 N–H and O–H groups in total. The summed E-state index contributed by atoms with van der Waals surface area (Å²) in [5, 5.41) is 20.6. The quantitative estimate of drug-likeness (QED) is 0.607. The number of rotatable bonds is 4. The van der Waals surface area contributed by atoms with Crippen LogP contribution in [0.3, 0.4) is 0 Å². The molecule has 2 nitrogen and oxygen atoms in total. The molecule has 0 saturated heterocycles. The van der Waals surface area contributed by atoms with Crippen molar-refractivity contribution in [3.63, 3.8) is 0 Å². The van der Waals surface area contributed by atoms with Crippen LogP contribution < -0.4 is 0 Å². The van der Waals surface area contributed by atoms with Gasteiger partial charge in [0.15, 0.2) is 0 Å². The Kier molecular flexibility index (Phi) is 5.41. The molecule has 4 atom stereocenters. The van der Waals surface area contributed by atoms with Crippen molar-refractivity contribution in [1.29, 1.82) is 0 Å². The predicted octanol–water partition coefficient (Wildman–Crippen LogP) is 4.06. The maximum atomic E-state index is 10.3. The molecule has 2 heteroatoms. The number of allylic oxidation sites excluding steroid dienone is 2. The Labute approximate surface area is 136 Å². The first-order chi connectivity index (χ1) is 10.4. The molecule has 22 heavy (non-hydrogen) atoms. The molecule has 0 amide bonds. The van der Waals surface area contributed by atoms with Gasteiger partial charge in [-0.25, -0.2) is 0 Å². The van der Waals surface area contributed by atoms with Gasteiger partial charge < -0.3 is 10.2 Å². The van der Waals surface area contributed by atoms with Gasteiger partial charge in [-0.2, -0.15) is 0 Å². The van der Waals surface area contributed by atoms with Crippen LogP contribution in [0.15, 0.2) is 11.6 Å². The number of fused-ring (bicyclic) bond motifs is 1. The van der Waals surface area contributed by atoms with E-state index < -0.39 is 5.60 Å². The Morgan fingerprint density at radius 2 is 2.09 bits per heavy atom. The van der Waals surface area contributed by atoms with Gasteiger partial charge in [0.1, 0.15) is 5.60 Å². The summed E-state index contributed by atoms with van der Waals surface area (Å²) in [7, 11) is 0. The smallest absolute Gasteiger partial charge is 0.125 e. The maximum Gasteiger partial charge on any atom is 0.125 e. The molecule has 0 aromatic rings. The molecular weight excluding hydrogens is 272 g/mol. The Morgan fingerprint density at radius 3 is 2.73 bits per heavy atom. The van der Waals surface area contributed by atoms with E-state index in [4.69, 9.17) is 0 Å². The van der Waals surface area contributed by atoms with Crippen molar-refractivity contribution in [3.05, 3.63) is 11.6 Å². The fourth-order valence-corrected chi connectivity index (χ4v) is 4.42. The maximum absolute atomic E-state index is 10.3. The molecule has 1 fully saturated rings. The average molecular weight is 304 g/mol. The molecule has 0 unspecified atom stereocenters. The van der Waals surface area contributed by atoms with E-state index in [1.54, 1.807) is 0 Å². The van der Waals surface area contributed by atoms with E-state index in [9.17, 15) is 10.2 Å². The minimum Gasteiger partial charge on any atom is -0.393 e. The van der Waals surface area contributed by atoms with E-state index >= 15 is 0 Å². The van der Waals surface area contributed by atoms with Crippen LogP contribution in [0.2, 0.25) is 0 Å². The monoisotopic (exact) mass is 304 g/mol. The highest BCUT2D eigenvalue weighted by atomic mass is 16.3. The van der Waals surface area contributed by atoms with Crippen LogP contribution in [0.4, 0.5) is 0 Å². The summed E-state index contributed by atoms with van der Waals surface area (Å²) in [5.41, 5.74) is 0.823. The highest BCUT2D eigenvalue weighted by molar-refractivity contribution is 5.27. The lowest BCUT2D eigenvalue weighted by atomic mass is 9.63. The van der Waals surface area contributed by atoms with Gasteiger partial charge in [-0.3, -0.25) is 0 Å². The van der Waals surface area contributed by atoms with Crippen molar-refractivity contribution in [2.75, 3.05) is 0 Å². The van der Waals surface area contributed by atoms with Crippen LogP contribution in [0.5, 0.6) is 0 Å². The lowest BCUT2D eigenvalue weighted by molar-refractivity contribution is 0.00809. The summed E-state index contributed by atoms with van der Waals surface area (Å²) < 4.78 is 0. The predicted molar refractivity (Wildman–Crippen MR) is 91.2 cm³/mol. The number of aliphatic hydroxyl groups is 2. The number of hydrogen-bond acceptors (Lipinski definition) is 2. The summed E-state index contributed by atoms with van der Waals surface area (Å²) in [6.45, 7) is 8.54. The zero-order chi connectivity index (χ0) is 16.4. The standard InChI is InChI=1S/C20H32O2/c1-5-20(22,6-2)14-7-9-15(3)16-11-12-17-18(21)10-8-13-19(16,17)4/h11,15,17-18,21-22H,5-6,8-10,12-13H2,1-4H3/t15-,17+,18+,19-/m1/s1. The second-order valence-electron chi connectivity index (χ2n) is 7.52. The molecule has 0 aromatic heterocycles. The van der Waals surface area contributed by atoms with Gasteiger partial charge >= 0.3 is 0 Å². The first kappa shape index (κ1) is 17.6. The molecule has 2 rings (SSSR count). The zero-order valence-corrected chi connectivity index (χ0v) is 14.7. The first-order valence-corrected chi connectivity index (χ1v) is 8.97. The van der Waals surface area contributed by atoms with E-state index in [2.05, 4.69) is 31.8 Å². The van der Waals surface area contributed by atoms with E-state index in [1.165, 1.54) is 12.0 Å². The number of hydrogen-bond donors (Lipinski definition) is 2. The molecule has 0 aliphatic heterocycles. The van der Waals surface area contributed by atoms with Crippen molar-refractivity contribution in [3.8, 4) is 11.8 Å². The van der Waals surface area contributed by atoms with Crippen molar-refractivity contribution >= 4 is 0 Å². The molecule has 124 valence electrons. The molecule has 0 bridgehead atoms. The Balaban J connectivity index is 2.05. The summed E-state index contributed by atoms with van der Waals surface area (Å²) in [4.78, 5) is 0. The molecule has 0 radical (unpaired) electrons. The molecule has 0 aromatic carbocycles. The lowest BCUT2D eigenvalue weighted by Crippen LogP contribution is -2.39. The lowest BCUT2D eigenvalue weighted by Gasteiger charge is -2.43. The highest BCUT2D eigenvalue weighted by Gasteiger charge is 2.47. The van der Waals surface area contributed by atoms with E-state index in [0.29, 0.717) is 24.7 Å². The van der Waals surface area contributed by atoms with E-state index in [0.717, 1.165) is 25.7 Å². The number of aliphatic hydroxyl groups excluding tert-OH is 1. The normalized spacial score (nSPS) is 32.7. The molecular formula is C20H32O2. The van der Waals surface area contributed by atoms with Gasteiger partial charge in [-0.1, -0.05) is 51.2 Å². The summed E-state index contributed by atoms with van der Waals surface area (Å²) >= 11 is 0. The van der Waals surface area contributed by atoms with Crippen molar-refractivity contribution in [1.82, 2.24) is 0 Å². The minimum atomic E-state index is -0.822. The largest absolute Gasteiger partial charge is 0.393 e. The fraction of sp³-hybridized carbons (Fsp3) is 0.800. The van der Waals surface area contributed by atoms with Crippen molar-refractivity contribution in [2.24, 2.45) is 17.3 Å². The summed E-state index contributed by atoms with van der Waals surface area (Å²) in [6.07, 6.45) is 8.65. The van der Waals surface area contributed by atoms with Gasteiger partial charge in [0.25, 0.3) is 0 Å². The third-order valence-electron chi connectivity index (χ3n) is 6.16. The first-order valence-electron chi connectivity index (χ1n) is 8.97. The van der Waals surface area contributed by atoms with Gasteiger partial charge in [-0.05, 0) is 55.8 Å². The van der Waals surface area contributed by atoms with Gasteiger partial charge in [0, 0.05) is 6.42 Å². The van der Waals surface area contributed by atoms with E-state index in [-0.39, 0.29) is 11.5 Å². The fourth-order valence-electron chi connectivity index (χ4n) is 4.42. The second-order valence-corrected chi connectivity index (χ2v) is 7.52. The van der Waals surface area contributed by atoms with Crippen molar-refractivity contribution in [2.45, 2.75) is 84.3 Å². The van der Waals surface area contributed by atoms with Crippen molar-refractivity contribution < 1.29 is 10.2 Å². The van der Waals surface area contributed by atoms with Crippen LogP contribution in [-0.2, 0) is 0 Å². The van der Waals surface area contributed by atoms with Crippen LogP contribution >= 0.6 is 0 Å². The Bertz CT molecular complexity index is 478. The van der Waals surface area contributed by atoms with Crippen LogP contribution in [0, 0.1) is 29.1 Å². The SMILES string of the molecule is CCC(O)(C#CC[C@@H](C)C1=CC[C@H]2[C@@H](O)CCC[C@]12C)CC. The molecule has 0 spiro atoms. The second kappa shape index (κ2) is 6.77. The van der Waals surface area contributed by atoms with Crippen LogP contribution in [-0.4, -0.2) is 21.9 Å². The third-order valence-corrected chi connectivity index (χ3v) is 6.16. The van der Waals surface area contributed by atoms with Crippen LogP contribution in [0.25, 0.3) is 0 Å².